The summed E-state index contributed by atoms with van der Waals surface area (Å²) in [6.07, 6.45) is 2.15. The second-order valence-corrected chi connectivity index (χ2v) is 4.38. The molecule has 0 atom stereocenters. The van der Waals surface area contributed by atoms with E-state index >= 15 is 0 Å². The van der Waals surface area contributed by atoms with Gasteiger partial charge >= 0.3 is 6.36 Å². The molecule has 1 aromatic carbocycles. The van der Waals surface area contributed by atoms with Gasteiger partial charge in [-0.05, 0) is 41.8 Å². The van der Waals surface area contributed by atoms with Crippen LogP contribution in [0.1, 0.15) is 19.4 Å². The van der Waals surface area contributed by atoms with E-state index in [-0.39, 0.29) is 17.4 Å². The van der Waals surface area contributed by atoms with Gasteiger partial charge in [0.1, 0.15) is 5.75 Å². The van der Waals surface area contributed by atoms with Crippen molar-refractivity contribution in [2.75, 3.05) is 0 Å². The molecule has 0 aliphatic heterocycles. The summed E-state index contributed by atoms with van der Waals surface area (Å²) in [5.74, 6) is 2.28. The summed E-state index contributed by atoms with van der Waals surface area (Å²) >= 11 is 0. The number of halogens is 3. The normalized spacial score (nSPS) is 12.2. The number of nitrogens with one attached hydrogen (secondary N) is 1. The van der Waals surface area contributed by atoms with Gasteiger partial charge in [-0.2, -0.15) is 0 Å². The van der Waals surface area contributed by atoms with Crippen molar-refractivity contribution in [2.45, 2.75) is 20.2 Å². The Balaban J connectivity index is 2.89. The Morgan fingerprint density at radius 3 is 2.25 bits per heavy atom. The molecule has 1 rings (SSSR count). The molecule has 0 saturated heterocycles. The summed E-state index contributed by atoms with van der Waals surface area (Å²) in [5.41, 5.74) is 1.27. The molecule has 0 saturated carbocycles. The van der Waals surface area contributed by atoms with E-state index in [9.17, 15) is 13.2 Å². The number of allylic oxidation sites excluding steroid dienone is 2. The van der Waals surface area contributed by atoms with Crippen LogP contribution in [-0.4, -0.2) is 12.1 Å². The van der Waals surface area contributed by atoms with Gasteiger partial charge in [0.15, 0.2) is 0 Å². The van der Waals surface area contributed by atoms with E-state index in [2.05, 4.69) is 10.7 Å². The van der Waals surface area contributed by atoms with Crippen molar-refractivity contribution in [3.63, 3.8) is 0 Å². The zero-order valence-corrected chi connectivity index (χ0v) is 11.1. The Kier molecular flexibility index (Phi) is 4.98. The summed E-state index contributed by atoms with van der Waals surface area (Å²) in [4.78, 5) is 0. The first-order chi connectivity index (χ1) is 9.23. The van der Waals surface area contributed by atoms with Crippen LogP contribution in [0.15, 0.2) is 35.9 Å². The highest BCUT2D eigenvalue weighted by Gasteiger charge is 2.30. The average molecular weight is 281 g/mol. The topological polar surface area (TPSA) is 33.1 Å². The number of hydrogen-bond donors (Lipinski definition) is 1. The fourth-order valence-electron chi connectivity index (χ4n) is 1.45. The zero-order chi connectivity index (χ0) is 15.3. The molecule has 0 radical (unpaired) electrons. The standard InChI is InChI=1S/C15H14F3NO/c1-4-11(10(2)3)9-14(19)12-5-7-13(8-6-12)20-15(16,17)18/h1,5-10,19H,2-3H3/b11-9+,19-14?. The molecule has 0 aromatic heterocycles. The number of benzene rings is 1. The van der Waals surface area contributed by atoms with Crippen LogP contribution in [0.4, 0.5) is 13.2 Å². The first-order valence-electron chi connectivity index (χ1n) is 5.86. The lowest BCUT2D eigenvalue weighted by molar-refractivity contribution is -0.274. The maximum absolute atomic E-state index is 12.0. The molecule has 0 aliphatic carbocycles. The summed E-state index contributed by atoms with van der Waals surface area (Å²) in [6.45, 7) is 3.80. The molecule has 0 fully saturated rings. The monoisotopic (exact) mass is 281 g/mol. The average Bonchev–Trinajstić information content (AvgIpc) is 2.34. The fourth-order valence-corrected chi connectivity index (χ4v) is 1.45. The van der Waals surface area contributed by atoms with E-state index in [4.69, 9.17) is 11.8 Å². The number of hydrogen-bond acceptors (Lipinski definition) is 2. The van der Waals surface area contributed by atoms with Gasteiger partial charge in [-0.15, -0.1) is 19.6 Å². The van der Waals surface area contributed by atoms with Gasteiger partial charge < -0.3 is 10.1 Å². The van der Waals surface area contributed by atoms with Crippen molar-refractivity contribution >= 4 is 5.71 Å². The Hall–Kier alpha value is -2.22. The molecule has 0 amide bonds. The SMILES string of the molecule is C#C/C(=C\C(=N)c1ccc(OC(F)(F)F)cc1)C(C)C. The molecular weight excluding hydrogens is 267 g/mol. The van der Waals surface area contributed by atoms with Crippen LogP contribution >= 0.6 is 0 Å². The molecule has 1 aromatic rings. The van der Waals surface area contributed by atoms with Gasteiger partial charge in [0.25, 0.3) is 0 Å². The van der Waals surface area contributed by atoms with Gasteiger partial charge in [-0.25, -0.2) is 0 Å². The van der Waals surface area contributed by atoms with Crippen molar-refractivity contribution in [3.8, 4) is 18.1 Å². The minimum Gasteiger partial charge on any atom is -0.406 e. The Bertz CT molecular complexity index is 548. The molecule has 106 valence electrons. The second-order valence-electron chi connectivity index (χ2n) is 4.38. The molecule has 2 nitrogen and oxygen atoms in total. The van der Waals surface area contributed by atoms with Crippen LogP contribution < -0.4 is 4.74 Å². The minimum absolute atomic E-state index is 0.105. The van der Waals surface area contributed by atoms with Crippen molar-refractivity contribution in [1.82, 2.24) is 0 Å². The Labute approximate surface area is 115 Å². The second kappa shape index (κ2) is 6.29. The maximum Gasteiger partial charge on any atom is 0.573 e. The minimum atomic E-state index is -4.72. The predicted octanol–water partition coefficient (Wildman–Crippen LogP) is 4.17. The molecule has 0 bridgehead atoms. The fraction of sp³-hybridized carbons (Fsp3) is 0.267. The van der Waals surface area contributed by atoms with Crippen LogP contribution in [-0.2, 0) is 0 Å². The smallest absolute Gasteiger partial charge is 0.406 e. The summed E-state index contributed by atoms with van der Waals surface area (Å²) in [5, 5.41) is 7.87. The van der Waals surface area contributed by atoms with Gasteiger partial charge in [0.2, 0.25) is 0 Å². The van der Waals surface area contributed by atoms with Crippen LogP contribution in [0, 0.1) is 23.7 Å². The number of terminal acetylenes is 1. The maximum atomic E-state index is 12.0. The predicted molar refractivity (Wildman–Crippen MR) is 71.7 cm³/mol. The first kappa shape index (κ1) is 15.8. The molecule has 5 heteroatoms. The third-order valence-corrected chi connectivity index (χ3v) is 2.49. The van der Waals surface area contributed by atoms with Crippen molar-refractivity contribution in [2.24, 2.45) is 5.92 Å². The quantitative estimate of drug-likeness (QED) is 0.652. The lowest BCUT2D eigenvalue weighted by Crippen LogP contribution is -2.17. The highest BCUT2D eigenvalue weighted by atomic mass is 19.4. The highest BCUT2D eigenvalue weighted by molar-refractivity contribution is 6.07. The zero-order valence-electron chi connectivity index (χ0n) is 11.1. The third kappa shape index (κ3) is 4.81. The van der Waals surface area contributed by atoms with Gasteiger partial charge in [-0.1, -0.05) is 19.8 Å². The molecule has 1 N–H and O–H groups in total. The molecule has 0 aliphatic rings. The van der Waals surface area contributed by atoms with Crippen molar-refractivity contribution in [1.29, 1.82) is 5.41 Å². The van der Waals surface area contributed by atoms with E-state index in [1.54, 1.807) is 0 Å². The van der Waals surface area contributed by atoms with E-state index in [0.717, 1.165) is 12.1 Å². The third-order valence-electron chi connectivity index (χ3n) is 2.49. The summed E-state index contributed by atoms with van der Waals surface area (Å²) < 4.78 is 39.8. The highest BCUT2D eigenvalue weighted by Crippen LogP contribution is 2.23. The van der Waals surface area contributed by atoms with Gasteiger partial charge in [-0.3, -0.25) is 0 Å². The van der Waals surface area contributed by atoms with Crippen molar-refractivity contribution < 1.29 is 17.9 Å². The summed E-state index contributed by atoms with van der Waals surface area (Å²) in [7, 11) is 0. The van der Waals surface area contributed by atoms with E-state index in [0.29, 0.717) is 11.1 Å². The van der Waals surface area contributed by atoms with Gasteiger partial charge in [0, 0.05) is 5.57 Å². The van der Waals surface area contributed by atoms with Crippen molar-refractivity contribution in [3.05, 3.63) is 41.5 Å². The van der Waals surface area contributed by atoms with E-state index in [1.807, 2.05) is 13.8 Å². The Morgan fingerprint density at radius 2 is 1.85 bits per heavy atom. The van der Waals surface area contributed by atoms with Crippen LogP contribution in [0.25, 0.3) is 0 Å². The van der Waals surface area contributed by atoms with Crippen LogP contribution in [0.3, 0.4) is 0 Å². The summed E-state index contributed by atoms with van der Waals surface area (Å²) in [6, 6.07) is 5.09. The molecule has 0 heterocycles. The largest absolute Gasteiger partial charge is 0.573 e. The molecular formula is C15H14F3NO. The molecule has 20 heavy (non-hydrogen) atoms. The van der Waals surface area contributed by atoms with Crippen LogP contribution in [0.2, 0.25) is 0 Å². The lowest BCUT2D eigenvalue weighted by atomic mass is 10.00. The first-order valence-corrected chi connectivity index (χ1v) is 5.86. The number of alkyl halides is 3. The van der Waals surface area contributed by atoms with E-state index < -0.39 is 6.36 Å². The lowest BCUT2D eigenvalue weighted by Gasteiger charge is -2.09. The molecule has 0 unspecified atom stereocenters. The van der Waals surface area contributed by atoms with Crippen LogP contribution in [0.5, 0.6) is 5.75 Å². The number of ether oxygens (including phenoxy) is 1. The van der Waals surface area contributed by atoms with E-state index in [1.165, 1.54) is 18.2 Å². The number of rotatable bonds is 4. The van der Waals surface area contributed by atoms with Gasteiger partial charge in [0.05, 0.1) is 5.71 Å². The molecule has 0 spiro atoms. The Morgan fingerprint density at radius 1 is 1.30 bits per heavy atom.